The van der Waals surface area contributed by atoms with Crippen molar-refractivity contribution in [2.24, 2.45) is 0 Å². The van der Waals surface area contributed by atoms with Crippen molar-refractivity contribution in [2.75, 3.05) is 33.3 Å². The van der Waals surface area contributed by atoms with Crippen LogP contribution in [0.4, 0.5) is 22.7 Å². The Balaban J connectivity index is 1.01. The lowest BCUT2D eigenvalue weighted by molar-refractivity contribution is -0.416. The highest BCUT2D eigenvalue weighted by atomic mass is 32.2. The molecule has 1 amide bonds. The van der Waals surface area contributed by atoms with Crippen molar-refractivity contribution >= 4 is 96.6 Å². The van der Waals surface area contributed by atoms with E-state index in [1.807, 2.05) is 13.8 Å². The maximum absolute atomic E-state index is 13.7. The van der Waals surface area contributed by atoms with E-state index in [4.69, 9.17) is 0 Å². The second-order valence-electron chi connectivity index (χ2n) is 23.1. The molecule has 28 heteroatoms. The predicted molar refractivity (Wildman–Crippen MR) is 309 cm³/mol. The number of carbonyl (C=O) groups excluding carboxylic acids is 1. The molecular formula is C57H60N5O18S5-3. The number of carboxylic acid groups (broad SMARTS) is 1. The van der Waals surface area contributed by atoms with Crippen LogP contribution in [0, 0.1) is 0 Å². The minimum atomic E-state index is -4.93. The molecule has 0 aromatic heterocycles. The van der Waals surface area contributed by atoms with Crippen molar-refractivity contribution in [3.8, 4) is 0 Å². The van der Waals surface area contributed by atoms with E-state index in [9.17, 15) is 79.5 Å². The van der Waals surface area contributed by atoms with Crippen molar-refractivity contribution in [1.82, 2.24) is 5.32 Å². The van der Waals surface area contributed by atoms with Crippen LogP contribution in [0.5, 0.6) is 0 Å². The Bertz CT molecular complexity index is 4340. The third-order valence-corrected chi connectivity index (χ3v) is 18.7. The number of benzene rings is 4. The zero-order valence-corrected chi connectivity index (χ0v) is 51.3. The second-order valence-corrected chi connectivity index (χ2v) is 30.0. The number of allylic oxidation sites excluding steroid dienone is 10. The Morgan fingerprint density at radius 3 is 1.41 bits per heavy atom. The van der Waals surface area contributed by atoms with Gasteiger partial charge in [0.2, 0.25) is 29.0 Å². The first-order valence-electron chi connectivity index (χ1n) is 26.0. The fourth-order valence-electron chi connectivity index (χ4n) is 11.7. The molecule has 85 heavy (non-hydrogen) atoms. The lowest BCUT2D eigenvalue weighted by atomic mass is 9.80. The van der Waals surface area contributed by atoms with Crippen LogP contribution < -0.4 is 15.1 Å². The minimum Gasteiger partial charge on any atom is -0.747 e. The third-order valence-electron chi connectivity index (χ3n) is 15.6. The van der Waals surface area contributed by atoms with Gasteiger partial charge in [-0.3, -0.25) is 9.59 Å². The number of nitrogens with zero attached hydrogens (tertiary/aromatic N) is 4. The summed E-state index contributed by atoms with van der Waals surface area (Å²) in [7, 11) is -24.4. The summed E-state index contributed by atoms with van der Waals surface area (Å²) in [6.07, 6.45) is 12.1. The number of carboxylic acids is 1. The fourth-order valence-corrected chi connectivity index (χ4v) is 14.6. The van der Waals surface area contributed by atoms with Crippen LogP contribution in [-0.2, 0) is 101 Å². The van der Waals surface area contributed by atoms with Gasteiger partial charge in [-0.15, -0.1) is 0 Å². The molecule has 0 radical (unpaired) electrons. The van der Waals surface area contributed by atoms with Gasteiger partial charge in [-0.25, -0.2) is 42.1 Å². The van der Waals surface area contributed by atoms with Crippen LogP contribution in [0.1, 0.15) is 94.3 Å². The summed E-state index contributed by atoms with van der Waals surface area (Å²) in [5.41, 5.74) is 2.42. The molecule has 0 saturated heterocycles. The molecule has 0 fully saturated rings. The fraction of sp³-hybridized carbons (Fsp3) is 0.333. The van der Waals surface area contributed by atoms with E-state index in [-0.39, 0.29) is 36.3 Å². The molecule has 0 bridgehead atoms. The van der Waals surface area contributed by atoms with Gasteiger partial charge in [0.15, 0.2) is 31.7 Å². The zero-order chi connectivity index (χ0) is 63.0. The Labute approximate surface area is 494 Å². The van der Waals surface area contributed by atoms with Crippen molar-refractivity contribution in [2.45, 2.75) is 101 Å². The molecule has 4 aliphatic rings. The summed E-state index contributed by atoms with van der Waals surface area (Å²) in [6.45, 7) is 14.0. The van der Waals surface area contributed by atoms with Gasteiger partial charge >= 0.3 is 5.97 Å². The monoisotopic (exact) mass is 1260 g/mol. The topological polar surface area (TPSA) is 365 Å². The standard InChI is InChI=1S/C57H63N5O18S5/c1-54(2)40-25-36(17-21-44(40)59(32-81(66,67)68)48(54)13-10-9-11-14-49-55(3,4)41-26-37(29-53(64)65)18-22-45(41)60(49)33-82(69,70)71)28-52(63)58-31-38-19-23-46-42(27-38)56(5,6)50(61(46)34-83(72,73)74)15-12-16-51-57(7,8)43-30-39(85(78,79)80)20-24-47(43)62(51)35-84(75,76)77/h9-27,30H,28-29,31-35H2,1-8H3,(H5-2,58,63,64,65,66,67,68,69,70,71,72,73,74,75,76,77,78,79,80)/p-3. The molecule has 0 saturated carbocycles. The Morgan fingerprint density at radius 2 is 0.929 bits per heavy atom. The average Bonchev–Trinajstić information content (AvgIpc) is 1.65. The highest BCUT2D eigenvalue weighted by molar-refractivity contribution is 7.86. The number of rotatable bonds is 20. The zero-order valence-electron chi connectivity index (χ0n) is 47.2. The normalized spacial score (nSPS) is 19.0. The van der Waals surface area contributed by atoms with Gasteiger partial charge in [0, 0.05) is 75.6 Å². The van der Waals surface area contributed by atoms with Crippen molar-refractivity contribution < 1.29 is 88.7 Å². The average molecular weight is 1260 g/mol. The molecule has 8 rings (SSSR count). The molecule has 2 N–H and O–H groups in total. The number of carbonyl (C=O) groups is 2. The number of amides is 1. The smallest absolute Gasteiger partial charge is 0.307 e. The number of fused-ring (bicyclic) bond motifs is 4. The summed E-state index contributed by atoms with van der Waals surface area (Å²) in [4.78, 5) is 27.2. The van der Waals surface area contributed by atoms with Gasteiger partial charge in [0.25, 0.3) is 0 Å². The number of anilines is 2. The van der Waals surface area contributed by atoms with E-state index >= 15 is 0 Å². The van der Waals surface area contributed by atoms with E-state index in [0.717, 1.165) is 12.1 Å². The summed E-state index contributed by atoms with van der Waals surface area (Å²) in [5, 5.41) is 12.3. The lowest BCUT2D eigenvalue weighted by Gasteiger charge is -2.27. The van der Waals surface area contributed by atoms with Gasteiger partial charge in [0.1, 0.15) is 42.1 Å². The molecule has 4 aliphatic heterocycles. The molecule has 454 valence electrons. The number of aliphatic carboxylic acids is 1. The van der Waals surface area contributed by atoms with E-state index in [1.54, 1.807) is 127 Å². The van der Waals surface area contributed by atoms with E-state index in [0.29, 0.717) is 67.5 Å². The minimum absolute atomic E-state index is 0.00477. The SMILES string of the molecule is CC1(C)C(=CC=CC2=[N+](CS(=O)(=O)[O-])c3ccc(S(=O)(=O)[O-])cc3C2(C)C)N(CS(=O)(=O)[O-])c2ccc(CNC(=O)Cc3ccc4c(c3)C(C)(C)C(/C=C/C=C/C=C3/N(CS(=O)(=O)[O-])c5ccc(CC(=O)O)cc5C3(C)C)=[N+]4CS(=O)(=O)[O-])cc21. The first kappa shape index (κ1) is 64.0. The van der Waals surface area contributed by atoms with E-state index in [2.05, 4.69) is 5.32 Å². The molecule has 0 aliphatic carbocycles. The van der Waals surface area contributed by atoms with Crippen LogP contribution in [0.25, 0.3) is 0 Å². The maximum atomic E-state index is 13.7. The van der Waals surface area contributed by atoms with E-state index in [1.165, 1.54) is 43.2 Å². The summed E-state index contributed by atoms with van der Waals surface area (Å²) in [5.74, 6) is -5.31. The van der Waals surface area contributed by atoms with Gasteiger partial charge in [-0.1, -0.05) is 82.3 Å². The van der Waals surface area contributed by atoms with Gasteiger partial charge < -0.3 is 43.0 Å². The van der Waals surface area contributed by atoms with Crippen molar-refractivity contribution in [1.29, 1.82) is 0 Å². The quantitative estimate of drug-likeness (QED) is 0.0677. The largest absolute Gasteiger partial charge is 0.747 e. The molecule has 0 atom stereocenters. The molecule has 0 spiro atoms. The summed E-state index contributed by atoms with van der Waals surface area (Å²) in [6, 6.07) is 18.1. The third kappa shape index (κ3) is 13.7. The second kappa shape index (κ2) is 22.4. The summed E-state index contributed by atoms with van der Waals surface area (Å²) >= 11 is 0. The number of nitrogens with one attached hydrogen (secondary N) is 1. The van der Waals surface area contributed by atoms with Crippen LogP contribution in [0.15, 0.2) is 138 Å². The van der Waals surface area contributed by atoms with Crippen molar-refractivity contribution in [3.63, 3.8) is 0 Å². The highest BCUT2D eigenvalue weighted by Gasteiger charge is 2.48. The molecular weight excluding hydrogens is 1200 g/mol. The Morgan fingerprint density at radius 1 is 0.506 bits per heavy atom. The number of hydrogen-bond donors (Lipinski definition) is 2. The molecule has 0 unspecified atom stereocenters. The lowest BCUT2D eigenvalue weighted by Crippen LogP contribution is -2.31. The predicted octanol–water partition coefficient (Wildman–Crippen LogP) is 4.87. The van der Waals surface area contributed by atoms with Crippen LogP contribution in [-0.4, -0.2) is 126 Å². The van der Waals surface area contributed by atoms with Crippen LogP contribution in [0.2, 0.25) is 0 Å². The first-order valence-corrected chi connectivity index (χ1v) is 33.7. The van der Waals surface area contributed by atoms with Crippen LogP contribution >= 0.6 is 0 Å². The molecule has 4 heterocycles. The molecule has 4 aromatic rings. The Hall–Kier alpha value is -6.99. The first-order chi connectivity index (χ1) is 39.0. The maximum Gasteiger partial charge on any atom is 0.307 e. The Kier molecular flexibility index (Phi) is 16.9. The molecule has 4 aromatic carbocycles. The van der Waals surface area contributed by atoms with Crippen molar-refractivity contribution in [3.05, 3.63) is 172 Å². The van der Waals surface area contributed by atoms with Crippen LogP contribution in [0.3, 0.4) is 0 Å². The van der Waals surface area contributed by atoms with Gasteiger partial charge in [0.05, 0.1) is 28.6 Å². The van der Waals surface area contributed by atoms with E-state index < -0.39 is 113 Å². The summed E-state index contributed by atoms with van der Waals surface area (Å²) < 4.78 is 185. The highest BCUT2D eigenvalue weighted by Crippen LogP contribution is 2.50. The number of hydrogen-bond acceptors (Lipinski definition) is 19. The van der Waals surface area contributed by atoms with Gasteiger partial charge in [-0.05, 0) is 98.0 Å². The van der Waals surface area contributed by atoms with Gasteiger partial charge in [-0.2, -0.15) is 9.15 Å². The molecule has 23 nitrogen and oxygen atoms in total.